The minimum absolute atomic E-state index is 0.340. The number of carbonyl (C=O) groups is 1. The van der Waals surface area contributed by atoms with Gasteiger partial charge in [-0.25, -0.2) is 9.78 Å². The lowest BCUT2D eigenvalue weighted by molar-refractivity contribution is -0.131. The van der Waals surface area contributed by atoms with Gasteiger partial charge >= 0.3 is 5.97 Å². The van der Waals surface area contributed by atoms with Crippen molar-refractivity contribution in [1.29, 1.82) is 0 Å². The van der Waals surface area contributed by atoms with Crippen molar-refractivity contribution in [3.05, 3.63) is 69.4 Å². The number of carboxylic acids is 1. The molecule has 2 aromatic rings. The molecule has 0 saturated heterocycles. The molecule has 5 nitrogen and oxygen atoms in total. The molecule has 9 heteroatoms. The van der Waals surface area contributed by atoms with E-state index in [4.69, 9.17) is 33.0 Å². The standard InChI is InChI=1S/C21H20Cl2N2O3S2/c1-25-10-12-29-19(25)9-11-28-18-7-5-14(24-17(18)6-8-20(26)27)13-30-21-15(22)3-2-4-16(21)23/h2-8,10,12,19H,9,11,13H2,1H3,(H,26,27). The molecule has 0 aliphatic carbocycles. The van der Waals surface area contributed by atoms with Crippen LogP contribution < -0.4 is 4.74 Å². The lowest BCUT2D eigenvalue weighted by Gasteiger charge is -2.20. The first-order chi connectivity index (χ1) is 14.4. The monoisotopic (exact) mass is 482 g/mol. The Hall–Kier alpha value is -1.80. The van der Waals surface area contributed by atoms with Gasteiger partial charge in [-0.1, -0.05) is 29.3 Å². The van der Waals surface area contributed by atoms with E-state index in [-0.39, 0.29) is 0 Å². The molecular weight excluding hydrogens is 463 g/mol. The number of aromatic nitrogens is 1. The summed E-state index contributed by atoms with van der Waals surface area (Å²) in [5, 5.41) is 12.6. The molecule has 0 saturated carbocycles. The highest BCUT2D eigenvalue weighted by atomic mass is 35.5. The zero-order chi connectivity index (χ0) is 21.5. The molecule has 0 amide bonds. The Morgan fingerprint density at radius 3 is 2.77 bits per heavy atom. The van der Waals surface area contributed by atoms with Crippen molar-refractivity contribution in [3.8, 4) is 5.75 Å². The quantitative estimate of drug-likeness (QED) is 0.346. The SMILES string of the molecule is CN1C=CSC1CCOc1ccc(CSc2c(Cl)cccc2Cl)nc1C=CC(=O)O. The van der Waals surface area contributed by atoms with Gasteiger partial charge in [-0.15, -0.1) is 23.5 Å². The van der Waals surface area contributed by atoms with Crippen LogP contribution in [0, 0.1) is 0 Å². The lowest BCUT2D eigenvalue weighted by Crippen LogP contribution is -2.22. The molecule has 30 heavy (non-hydrogen) atoms. The summed E-state index contributed by atoms with van der Waals surface area (Å²) in [6.07, 6.45) is 5.38. The second-order valence-electron chi connectivity index (χ2n) is 6.38. The minimum atomic E-state index is -1.04. The van der Waals surface area contributed by atoms with Gasteiger partial charge in [0.05, 0.1) is 27.7 Å². The molecule has 1 aliphatic rings. The molecule has 1 atom stereocenters. The molecule has 0 fully saturated rings. The highest BCUT2D eigenvalue weighted by molar-refractivity contribution is 8.02. The Bertz CT molecular complexity index is 949. The van der Waals surface area contributed by atoms with Crippen LogP contribution in [0.4, 0.5) is 0 Å². The van der Waals surface area contributed by atoms with Crippen molar-refractivity contribution in [1.82, 2.24) is 9.88 Å². The third-order valence-electron chi connectivity index (χ3n) is 4.22. The van der Waals surface area contributed by atoms with Crippen LogP contribution in [0.15, 0.2) is 52.9 Å². The summed E-state index contributed by atoms with van der Waals surface area (Å²) in [4.78, 5) is 18.5. The van der Waals surface area contributed by atoms with Crippen molar-refractivity contribution in [2.24, 2.45) is 0 Å². The number of hydrogen-bond donors (Lipinski definition) is 1. The van der Waals surface area contributed by atoms with Gasteiger partial charge in [0.2, 0.25) is 0 Å². The van der Waals surface area contributed by atoms with Gasteiger partial charge in [0.1, 0.15) is 11.4 Å². The van der Waals surface area contributed by atoms with Crippen LogP contribution in [0.5, 0.6) is 5.75 Å². The number of pyridine rings is 1. The molecule has 3 rings (SSSR count). The summed E-state index contributed by atoms with van der Waals surface area (Å²) in [5.41, 5.74) is 1.25. The summed E-state index contributed by atoms with van der Waals surface area (Å²) in [6.45, 7) is 0.503. The van der Waals surface area contributed by atoms with Gasteiger partial charge < -0.3 is 14.7 Å². The Labute approximate surface area is 194 Å². The van der Waals surface area contributed by atoms with Crippen molar-refractivity contribution in [3.63, 3.8) is 0 Å². The number of ether oxygens (including phenoxy) is 1. The van der Waals surface area contributed by atoms with E-state index in [0.29, 0.717) is 39.2 Å². The van der Waals surface area contributed by atoms with Crippen LogP contribution in [0.25, 0.3) is 6.08 Å². The molecule has 158 valence electrons. The second-order valence-corrected chi connectivity index (χ2v) is 9.26. The third kappa shape index (κ3) is 6.35. The Kier molecular flexibility index (Phi) is 8.39. The lowest BCUT2D eigenvalue weighted by atomic mass is 10.2. The van der Waals surface area contributed by atoms with Gasteiger partial charge in [-0.2, -0.15) is 0 Å². The van der Waals surface area contributed by atoms with E-state index in [1.807, 2.05) is 25.4 Å². The Balaban J connectivity index is 1.69. The molecule has 1 aromatic carbocycles. The average molecular weight is 483 g/mol. The van der Waals surface area contributed by atoms with E-state index in [9.17, 15) is 4.79 Å². The molecule has 1 aromatic heterocycles. The largest absolute Gasteiger partial charge is 0.491 e. The van der Waals surface area contributed by atoms with Crippen LogP contribution in [0.2, 0.25) is 10.0 Å². The third-order valence-corrected chi connectivity index (χ3v) is 7.40. The molecule has 0 radical (unpaired) electrons. The normalized spacial score (nSPS) is 15.8. The average Bonchev–Trinajstić information content (AvgIpc) is 3.12. The summed E-state index contributed by atoms with van der Waals surface area (Å²) >= 11 is 15.7. The first kappa shape index (κ1) is 22.9. The molecule has 1 N–H and O–H groups in total. The number of thioether (sulfide) groups is 2. The van der Waals surface area contributed by atoms with E-state index in [1.54, 1.807) is 30.0 Å². The highest BCUT2D eigenvalue weighted by Crippen LogP contribution is 2.36. The minimum Gasteiger partial charge on any atom is -0.491 e. The van der Waals surface area contributed by atoms with Crippen LogP contribution in [-0.2, 0) is 10.5 Å². The van der Waals surface area contributed by atoms with E-state index < -0.39 is 5.97 Å². The number of nitrogens with zero attached hydrogens (tertiary/aromatic N) is 2. The predicted molar refractivity (Wildman–Crippen MR) is 125 cm³/mol. The number of benzene rings is 1. The highest BCUT2D eigenvalue weighted by Gasteiger charge is 2.16. The summed E-state index contributed by atoms with van der Waals surface area (Å²) < 4.78 is 5.91. The van der Waals surface area contributed by atoms with Gasteiger partial charge in [-0.05, 0) is 35.7 Å². The Morgan fingerprint density at radius 2 is 2.10 bits per heavy atom. The fourth-order valence-electron chi connectivity index (χ4n) is 2.70. The molecule has 0 bridgehead atoms. The fourth-order valence-corrected chi connectivity index (χ4v) is 5.23. The maximum absolute atomic E-state index is 11.0. The van der Waals surface area contributed by atoms with E-state index in [0.717, 1.165) is 23.1 Å². The number of aliphatic carboxylic acids is 1. The topological polar surface area (TPSA) is 62.7 Å². The van der Waals surface area contributed by atoms with Gasteiger partial charge in [0, 0.05) is 36.4 Å². The van der Waals surface area contributed by atoms with E-state index >= 15 is 0 Å². The fraction of sp³-hybridized carbons (Fsp3) is 0.238. The van der Waals surface area contributed by atoms with Crippen molar-refractivity contribution in [2.75, 3.05) is 13.7 Å². The van der Waals surface area contributed by atoms with Crippen LogP contribution >= 0.6 is 46.7 Å². The van der Waals surface area contributed by atoms with Crippen molar-refractivity contribution >= 4 is 58.8 Å². The first-order valence-corrected chi connectivity index (χ1v) is 11.8. The van der Waals surface area contributed by atoms with E-state index in [2.05, 4.69) is 15.3 Å². The summed E-state index contributed by atoms with van der Waals surface area (Å²) in [6, 6.07) is 9.06. The van der Waals surface area contributed by atoms with Gasteiger partial charge in [0.15, 0.2) is 0 Å². The van der Waals surface area contributed by atoms with Crippen LogP contribution in [0.3, 0.4) is 0 Å². The Morgan fingerprint density at radius 1 is 1.33 bits per heavy atom. The first-order valence-electron chi connectivity index (χ1n) is 9.08. The van der Waals surface area contributed by atoms with Crippen LogP contribution in [0.1, 0.15) is 17.8 Å². The number of rotatable bonds is 9. The number of carboxylic acid groups (broad SMARTS) is 1. The summed E-state index contributed by atoms with van der Waals surface area (Å²) in [7, 11) is 2.03. The molecule has 0 spiro atoms. The zero-order valence-electron chi connectivity index (χ0n) is 16.1. The molecule has 1 aliphatic heterocycles. The van der Waals surface area contributed by atoms with Crippen molar-refractivity contribution in [2.45, 2.75) is 22.4 Å². The maximum atomic E-state index is 11.0. The molecule has 2 heterocycles. The smallest absolute Gasteiger partial charge is 0.328 e. The zero-order valence-corrected chi connectivity index (χ0v) is 19.3. The van der Waals surface area contributed by atoms with E-state index in [1.165, 1.54) is 17.8 Å². The predicted octanol–water partition coefficient (Wildman–Crippen LogP) is 6.02. The van der Waals surface area contributed by atoms with Gasteiger partial charge in [-0.3, -0.25) is 0 Å². The number of hydrogen-bond acceptors (Lipinski definition) is 6. The molecule has 1 unspecified atom stereocenters. The second kappa shape index (κ2) is 11.0. The maximum Gasteiger partial charge on any atom is 0.328 e. The van der Waals surface area contributed by atoms with Crippen LogP contribution in [-0.4, -0.2) is 40.0 Å². The molecular formula is C21H20Cl2N2O3S2. The van der Waals surface area contributed by atoms with Gasteiger partial charge in [0.25, 0.3) is 0 Å². The van der Waals surface area contributed by atoms with Crippen molar-refractivity contribution < 1.29 is 14.6 Å². The number of halogens is 2. The summed E-state index contributed by atoms with van der Waals surface area (Å²) in [5.74, 6) is 0.0448.